The van der Waals surface area contributed by atoms with E-state index < -0.39 is 9.84 Å². The van der Waals surface area contributed by atoms with Crippen molar-refractivity contribution in [3.05, 3.63) is 35.4 Å². The van der Waals surface area contributed by atoms with Crippen LogP contribution in [0.1, 0.15) is 22.8 Å². The summed E-state index contributed by atoms with van der Waals surface area (Å²) in [5, 5.41) is 9.00. The maximum Gasteiger partial charge on any atom is 0.251 e. The molecule has 1 amide bonds. The average Bonchev–Trinajstić information content (AvgIpc) is 2.63. The molecule has 0 saturated carbocycles. The van der Waals surface area contributed by atoms with Crippen LogP contribution in [-0.4, -0.2) is 72.2 Å². The van der Waals surface area contributed by atoms with Gasteiger partial charge in [-0.1, -0.05) is 12.1 Å². The summed E-state index contributed by atoms with van der Waals surface area (Å²) in [4.78, 5) is 16.1. The van der Waals surface area contributed by atoms with Gasteiger partial charge in [0.05, 0.1) is 25.5 Å². The van der Waals surface area contributed by atoms with E-state index in [9.17, 15) is 13.2 Å². The molecule has 1 aromatic rings. The summed E-state index contributed by atoms with van der Waals surface area (Å²) in [6, 6.07) is 7.51. The lowest BCUT2D eigenvalue weighted by Crippen LogP contribution is -2.38. The van der Waals surface area contributed by atoms with Crippen LogP contribution in [0.5, 0.6) is 0 Å². The zero-order valence-corrected chi connectivity index (χ0v) is 19.8. The average molecular weight is 526 g/mol. The van der Waals surface area contributed by atoms with E-state index in [0.29, 0.717) is 31.2 Å². The number of hydrogen-bond donors (Lipinski definition) is 3. The fourth-order valence-electron chi connectivity index (χ4n) is 2.21. The number of rotatable bonds is 11. The molecule has 28 heavy (non-hydrogen) atoms. The van der Waals surface area contributed by atoms with Crippen LogP contribution in [-0.2, 0) is 21.0 Å². The van der Waals surface area contributed by atoms with Gasteiger partial charge < -0.3 is 20.7 Å². The molecule has 0 aliphatic carbocycles. The fourth-order valence-corrected chi connectivity index (χ4v) is 2.63. The Hall–Kier alpha value is -1.40. The van der Waals surface area contributed by atoms with Crippen molar-refractivity contribution < 1.29 is 17.9 Å². The van der Waals surface area contributed by atoms with E-state index >= 15 is 0 Å². The van der Waals surface area contributed by atoms with Gasteiger partial charge in [-0.3, -0.25) is 9.79 Å². The van der Waals surface area contributed by atoms with Crippen LogP contribution in [0, 0.1) is 0 Å². The molecule has 0 radical (unpaired) electrons. The van der Waals surface area contributed by atoms with Crippen molar-refractivity contribution >= 4 is 45.7 Å². The number of aliphatic imine (C=N–C) groups is 1. The van der Waals surface area contributed by atoms with Crippen LogP contribution in [0.3, 0.4) is 0 Å². The Kier molecular flexibility index (Phi) is 13.8. The summed E-state index contributed by atoms with van der Waals surface area (Å²) in [6.45, 7) is 4.35. The summed E-state index contributed by atoms with van der Waals surface area (Å²) in [6.07, 6.45) is 1.94. The lowest BCUT2D eigenvalue weighted by molar-refractivity contribution is 0.0963. The zero-order valence-electron chi connectivity index (χ0n) is 16.7. The second-order valence-corrected chi connectivity index (χ2v) is 8.22. The molecule has 0 aliphatic rings. The van der Waals surface area contributed by atoms with Crippen LogP contribution in [0.4, 0.5) is 0 Å². The van der Waals surface area contributed by atoms with E-state index in [0.717, 1.165) is 18.5 Å². The highest BCUT2D eigenvalue weighted by Crippen LogP contribution is 2.05. The monoisotopic (exact) mass is 526 g/mol. The molecule has 1 rings (SSSR count). The highest BCUT2D eigenvalue weighted by Gasteiger charge is 2.04. The van der Waals surface area contributed by atoms with Crippen LogP contribution < -0.4 is 16.0 Å². The molecule has 0 bridgehead atoms. The molecular formula is C18H31IN4O4S. The zero-order chi connectivity index (χ0) is 20.1. The number of halogens is 1. The van der Waals surface area contributed by atoms with Crippen molar-refractivity contribution in [2.75, 3.05) is 51.9 Å². The molecule has 1 aromatic carbocycles. The standard InChI is InChI=1S/C18H30N4O4S.HI/c1-4-20-18(22-10-11-26-12-13-27(3,24)25)21-9-8-15-6-5-7-16(14-15)17(23)19-2;/h5-7,14H,4,8-13H2,1-3H3,(H,19,23)(H2,20,21,22);1H. The number of sulfone groups is 1. The molecule has 160 valence electrons. The number of carbonyl (C=O) groups excluding carboxylic acids is 1. The van der Waals surface area contributed by atoms with Crippen LogP contribution in [0.25, 0.3) is 0 Å². The number of hydrogen-bond acceptors (Lipinski definition) is 5. The maximum absolute atomic E-state index is 11.7. The summed E-state index contributed by atoms with van der Waals surface area (Å²) in [5.74, 6) is 0.590. The molecule has 3 N–H and O–H groups in total. The number of carbonyl (C=O) groups is 1. The Morgan fingerprint density at radius 2 is 1.96 bits per heavy atom. The molecule has 10 heteroatoms. The Bertz CT molecular complexity index is 726. The Morgan fingerprint density at radius 1 is 1.21 bits per heavy atom. The second kappa shape index (κ2) is 14.6. The van der Waals surface area contributed by atoms with Gasteiger partial charge in [-0.2, -0.15) is 0 Å². The molecule has 0 atom stereocenters. The molecule has 0 heterocycles. The van der Waals surface area contributed by atoms with Gasteiger partial charge in [0.2, 0.25) is 0 Å². The first kappa shape index (κ1) is 26.6. The van der Waals surface area contributed by atoms with Gasteiger partial charge in [0.1, 0.15) is 9.84 Å². The second-order valence-electron chi connectivity index (χ2n) is 5.96. The molecular weight excluding hydrogens is 495 g/mol. The van der Waals surface area contributed by atoms with E-state index in [1.165, 1.54) is 6.26 Å². The lowest BCUT2D eigenvalue weighted by atomic mass is 10.1. The van der Waals surface area contributed by atoms with Crippen LogP contribution in [0.15, 0.2) is 29.3 Å². The molecule has 0 unspecified atom stereocenters. The first-order valence-electron chi connectivity index (χ1n) is 8.94. The highest BCUT2D eigenvalue weighted by atomic mass is 127. The van der Waals surface area contributed by atoms with Crippen molar-refractivity contribution in [3.63, 3.8) is 0 Å². The first-order chi connectivity index (χ1) is 12.9. The number of ether oxygens (including phenoxy) is 1. The number of nitrogens with one attached hydrogen (secondary N) is 3. The first-order valence-corrected chi connectivity index (χ1v) is 11.0. The van der Waals surface area contributed by atoms with Crippen molar-refractivity contribution in [2.45, 2.75) is 13.3 Å². The van der Waals surface area contributed by atoms with Gasteiger partial charge in [-0.25, -0.2) is 8.42 Å². The van der Waals surface area contributed by atoms with Gasteiger partial charge in [-0.15, -0.1) is 24.0 Å². The molecule has 0 saturated heterocycles. The van der Waals surface area contributed by atoms with Crippen molar-refractivity contribution in [1.29, 1.82) is 0 Å². The van der Waals surface area contributed by atoms with Gasteiger partial charge >= 0.3 is 0 Å². The number of nitrogens with zero attached hydrogens (tertiary/aromatic N) is 1. The van der Waals surface area contributed by atoms with Crippen molar-refractivity contribution in [2.24, 2.45) is 4.99 Å². The Balaban J connectivity index is 0.00000729. The van der Waals surface area contributed by atoms with Crippen molar-refractivity contribution in [1.82, 2.24) is 16.0 Å². The van der Waals surface area contributed by atoms with Gasteiger partial charge in [0.25, 0.3) is 5.91 Å². The largest absolute Gasteiger partial charge is 0.378 e. The SMILES string of the molecule is CCNC(=NCCOCCS(C)(=O)=O)NCCc1cccc(C(=O)NC)c1.I. The van der Waals surface area contributed by atoms with Crippen LogP contribution in [0.2, 0.25) is 0 Å². The number of benzene rings is 1. The third-order valence-corrected chi connectivity index (χ3v) is 4.48. The third-order valence-electron chi connectivity index (χ3n) is 3.57. The third kappa shape index (κ3) is 12.1. The summed E-state index contributed by atoms with van der Waals surface area (Å²) >= 11 is 0. The Labute approximate surface area is 184 Å². The van der Waals surface area contributed by atoms with Gasteiger partial charge in [-0.05, 0) is 31.0 Å². The van der Waals surface area contributed by atoms with E-state index in [1.807, 2.05) is 25.1 Å². The normalized spacial score (nSPS) is 11.5. The van der Waals surface area contributed by atoms with Crippen molar-refractivity contribution in [3.8, 4) is 0 Å². The van der Waals surface area contributed by atoms with E-state index in [-0.39, 0.29) is 42.2 Å². The number of guanidine groups is 1. The van der Waals surface area contributed by atoms with Gasteiger partial charge in [0, 0.05) is 32.0 Å². The van der Waals surface area contributed by atoms with E-state index in [1.54, 1.807) is 13.1 Å². The molecule has 8 nitrogen and oxygen atoms in total. The smallest absolute Gasteiger partial charge is 0.251 e. The quantitative estimate of drug-likeness (QED) is 0.171. The predicted octanol–water partition coefficient (Wildman–Crippen LogP) is 0.823. The fraction of sp³-hybridized carbons (Fsp3) is 0.556. The van der Waals surface area contributed by atoms with E-state index in [4.69, 9.17) is 4.74 Å². The van der Waals surface area contributed by atoms with E-state index in [2.05, 4.69) is 20.9 Å². The van der Waals surface area contributed by atoms with Gasteiger partial charge in [0.15, 0.2) is 5.96 Å². The minimum absolute atomic E-state index is 0. The highest BCUT2D eigenvalue weighted by molar-refractivity contribution is 14.0. The minimum atomic E-state index is -3.00. The molecule has 0 fully saturated rings. The summed E-state index contributed by atoms with van der Waals surface area (Å²) < 4.78 is 27.3. The molecule has 0 spiro atoms. The molecule has 0 aromatic heterocycles. The minimum Gasteiger partial charge on any atom is -0.378 e. The lowest BCUT2D eigenvalue weighted by Gasteiger charge is -2.12. The summed E-state index contributed by atoms with van der Waals surface area (Å²) in [5.41, 5.74) is 1.70. The Morgan fingerprint density at radius 3 is 2.61 bits per heavy atom. The number of amides is 1. The predicted molar refractivity (Wildman–Crippen MR) is 123 cm³/mol. The summed E-state index contributed by atoms with van der Waals surface area (Å²) in [7, 11) is -1.38. The maximum atomic E-state index is 11.7. The van der Waals surface area contributed by atoms with Crippen LogP contribution >= 0.6 is 24.0 Å². The topological polar surface area (TPSA) is 109 Å². The molecule has 0 aliphatic heterocycles.